The largest absolute Gasteiger partial charge is 0.445 e. The molecular formula is C17H26N2O3. The second kappa shape index (κ2) is 9.43. The van der Waals surface area contributed by atoms with E-state index >= 15 is 0 Å². The first kappa shape index (κ1) is 16.8. The van der Waals surface area contributed by atoms with E-state index in [0.29, 0.717) is 32.3 Å². The minimum absolute atomic E-state index is 0.226. The topological polar surface area (TPSA) is 64.8 Å². The Morgan fingerprint density at radius 1 is 1.32 bits per heavy atom. The van der Waals surface area contributed by atoms with E-state index in [9.17, 15) is 4.79 Å². The molecule has 1 fully saturated rings. The van der Waals surface area contributed by atoms with Crippen LogP contribution in [0.4, 0.5) is 4.79 Å². The van der Waals surface area contributed by atoms with Crippen LogP contribution in [0.25, 0.3) is 0 Å². The van der Waals surface area contributed by atoms with Gasteiger partial charge in [0.05, 0.1) is 6.61 Å². The van der Waals surface area contributed by atoms with E-state index in [0.717, 1.165) is 37.9 Å². The van der Waals surface area contributed by atoms with Gasteiger partial charge in [0.15, 0.2) is 0 Å². The van der Waals surface area contributed by atoms with Crippen LogP contribution >= 0.6 is 0 Å². The summed E-state index contributed by atoms with van der Waals surface area (Å²) in [7, 11) is 0. The molecular weight excluding hydrogens is 280 g/mol. The highest BCUT2D eigenvalue weighted by Crippen LogP contribution is 2.18. The van der Waals surface area contributed by atoms with Gasteiger partial charge in [-0.05, 0) is 31.4 Å². The second-order valence-electron chi connectivity index (χ2n) is 5.71. The van der Waals surface area contributed by atoms with E-state index in [4.69, 9.17) is 15.2 Å². The maximum absolute atomic E-state index is 12.1. The number of hydrogen-bond acceptors (Lipinski definition) is 4. The third kappa shape index (κ3) is 5.66. The van der Waals surface area contributed by atoms with Crippen molar-refractivity contribution in [2.45, 2.75) is 25.9 Å². The molecule has 1 atom stereocenters. The number of amides is 1. The molecule has 1 aromatic carbocycles. The van der Waals surface area contributed by atoms with E-state index < -0.39 is 0 Å². The lowest BCUT2D eigenvalue weighted by molar-refractivity contribution is 0.0459. The van der Waals surface area contributed by atoms with Crippen molar-refractivity contribution in [1.29, 1.82) is 0 Å². The van der Waals surface area contributed by atoms with Crippen LogP contribution in [0.3, 0.4) is 0 Å². The van der Waals surface area contributed by atoms with E-state index in [-0.39, 0.29) is 6.09 Å². The molecule has 1 aromatic rings. The molecule has 1 unspecified atom stereocenters. The predicted molar refractivity (Wildman–Crippen MR) is 85.4 cm³/mol. The van der Waals surface area contributed by atoms with E-state index in [2.05, 4.69) is 0 Å². The van der Waals surface area contributed by atoms with Crippen LogP contribution in [0.5, 0.6) is 0 Å². The Bertz CT molecular complexity index is 439. The first-order valence-electron chi connectivity index (χ1n) is 8.03. The lowest BCUT2D eigenvalue weighted by atomic mass is 9.99. The molecule has 0 aromatic heterocycles. The Balaban J connectivity index is 1.70. The van der Waals surface area contributed by atoms with Gasteiger partial charge in [0.2, 0.25) is 0 Å². The quantitative estimate of drug-likeness (QED) is 0.786. The van der Waals surface area contributed by atoms with Crippen LogP contribution in [0.15, 0.2) is 30.3 Å². The van der Waals surface area contributed by atoms with Crippen molar-refractivity contribution in [3.63, 3.8) is 0 Å². The lowest BCUT2D eigenvalue weighted by Gasteiger charge is -2.31. The fourth-order valence-electron chi connectivity index (χ4n) is 2.61. The van der Waals surface area contributed by atoms with Gasteiger partial charge in [0.25, 0.3) is 0 Å². The molecule has 22 heavy (non-hydrogen) atoms. The molecule has 0 radical (unpaired) electrons. The molecule has 0 aliphatic carbocycles. The smallest absolute Gasteiger partial charge is 0.410 e. The van der Waals surface area contributed by atoms with Gasteiger partial charge in [-0.1, -0.05) is 30.3 Å². The van der Waals surface area contributed by atoms with Crippen molar-refractivity contribution < 1.29 is 14.3 Å². The number of carbonyl (C=O) groups excluding carboxylic acids is 1. The summed E-state index contributed by atoms with van der Waals surface area (Å²) in [6.07, 6.45) is 2.77. The highest BCUT2D eigenvalue weighted by Gasteiger charge is 2.24. The zero-order chi connectivity index (χ0) is 15.6. The highest BCUT2D eigenvalue weighted by atomic mass is 16.6. The number of ether oxygens (including phenoxy) is 2. The number of nitrogens with two attached hydrogens (primary N) is 1. The fraction of sp³-hybridized carbons (Fsp3) is 0.588. The van der Waals surface area contributed by atoms with Crippen molar-refractivity contribution in [2.75, 3.05) is 32.8 Å². The number of rotatable bonds is 7. The Labute approximate surface area is 132 Å². The van der Waals surface area contributed by atoms with Gasteiger partial charge in [0.1, 0.15) is 6.61 Å². The van der Waals surface area contributed by atoms with Gasteiger partial charge in [0, 0.05) is 25.6 Å². The monoisotopic (exact) mass is 306 g/mol. The number of carbonyl (C=O) groups is 1. The molecule has 1 heterocycles. The molecule has 0 bridgehead atoms. The average Bonchev–Trinajstić information content (AvgIpc) is 2.58. The minimum atomic E-state index is -0.226. The SMILES string of the molecule is NCCCOCC1CCCN(C(=O)OCc2ccccc2)C1. The summed E-state index contributed by atoms with van der Waals surface area (Å²) in [4.78, 5) is 13.9. The molecule has 0 spiro atoms. The fourth-order valence-corrected chi connectivity index (χ4v) is 2.61. The highest BCUT2D eigenvalue weighted by molar-refractivity contribution is 5.67. The van der Waals surface area contributed by atoms with Gasteiger partial charge in [-0.3, -0.25) is 0 Å². The molecule has 1 aliphatic rings. The molecule has 5 heteroatoms. The van der Waals surface area contributed by atoms with Crippen molar-refractivity contribution in [1.82, 2.24) is 4.90 Å². The van der Waals surface area contributed by atoms with Crippen LogP contribution in [0.2, 0.25) is 0 Å². The number of benzene rings is 1. The third-order valence-electron chi connectivity index (χ3n) is 3.83. The molecule has 1 amide bonds. The molecule has 1 aliphatic heterocycles. The summed E-state index contributed by atoms with van der Waals surface area (Å²) in [6, 6.07) is 9.75. The second-order valence-corrected chi connectivity index (χ2v) is 5.71. The normalized spacial score (nSPS) is 18.2. The third-order valence-corrected chi connectivity index (χ3v) is 3.83. The maximum Gasteiger partial charge on any atom is 0.410 e. The number of likely N-dealkylation sites (tertiary alicyclic amines) is 1. The number of hydrogen-bond donors (Lipinski definition) is 1. The van der Waals surface area contributed by atoms with Gasteiger partial charge in [-0.25, -0.2) is 4.79 Å². The molecule has 122 valence electrons. The summed E-state index contributed by atoms with van der Waals surface area (Å²) >= 11 is 0. The van der Waals surface area contributed by atoms with Crippen LogP contribution in [-0.4, -0.2) is 43.8 Å². The van der Waals surface area contributed by atoms with Crippen LogP contribution in [0, 0.1) is 5.92 Å². The van der Waals surface area contributed by atoms with Crippen LogP contribution < -0.4 is 5.73 Å². The van der Waals surface area contributed by atoms with Gasteiger partial charge in [-0.15, -0.1) is 0 Å². The summed E-state index contributed by atoms with van der Waals surface area (Å²) < 4.78 is 11.0. The van der Waals surface area contributed by atoms with E-state index in [1.807, 2.05) is 30.3 Å². The average molecular weight is 306 g/mol. The van der Waals surface area contributed by atoms with Crippen molar-refractivity contribution in [3.05, 3.63) is 35.9 Å². The Morgan fingerprint density at radius 3 is 2.91 bits per heavy atom. The van der Waals surface area contributed by atoms with E-state index in [1.54, 1.807) is 4.90 Å². The van der Waals surface area contributed by atoms with Crippen LogP contribution in [-0.2, 0) is 16.1 Å². The van der Waals surface area contributed by atoms with Crippen molar-refractivity contribution in [3.8, 4) is 0 Å². The number of piperidine rings is 1. The minimum Gasteiger partial charge on any atom is -0.445 e. The Kier molecular flexibility index (Phi) is 7.19. The van der Waals surface area contributed by atoms with E-state index in [1.165, 1.54) is 0 Å². The first-order chi connectivity index (χ1) is 10.8. The van der Waals surface area contributed by atoms with Gasteiger partial charge >= 0.3 is 6.09 Å². The molecule has 1 saturated heterocycles. The van der Waals surface area contributed by atoms with Gasteiger partial charge < -0.3 is 20.1 Å². The molecule has 2 N–H and O–H groups in total. The summed E-state index contributed by atoms with van der Waals surface area (Å²) in [5.74, 6) is 0.399. The van der Waals surface area contributed by atoms with Crippen molar-refractivity contribution >= 4 is 6.09 Å². The predicted octanol–water partition coefficient (Wildman–Crippen LogP) is 2.40. The zero-order valence-corrected chi connectivity index (χ0v) is 13.1. The summed E-state index contributed by atoms with van der Waals surface area (Å²) in [5.41, 5.74) is 6.45. The summed E-state index contributed by atoms with van der Waals surface area (Å²) in [5, 5.41) is 0. The van der Waals surface area contributed by atoms with Crippen LogP contribution in [0.1, 0.15) is 24.8 Å². The number of nitrogens with zero attached hydrogens (tertiary/aromatic N) is 1. The maximum atomic E-state index is 12.1. The lowest BCUT2D eigenvalue weighted by Crippen LogP contribution is -2.41. The standard InChI is InChI=1S/C17H26N2O3/c18-9-5-11-21-13-16-8-4-10-19(12-16)17(20)22-14-15-6-2-1-3-7-15/h1-3,6-7,16H,4-5,8-14,18H2. The summed E-state index contributed by atoms with van der Waals surface area (Å²) in [6.45, 7) is 3.87. The van der Waals surface area contributed by atoms with Gasteiger partial charge in [-0.2, -0.15) is 0 Å². The Morgan fingerprint density at radius 2 is 2.14 bits per heavy atom. The van der Waals surface area contributed by atoms with Crippen molar-refractivity contribution in [2.24, 2.45) is 11.7 Å². The molecule has 0 saturated carbocycles. The molecule has 2 rings (SSSR count). The zero-order valence-electron chi connectivity index (χ0n) is 13.1. The first-order valence-corrected chi connectivity index (χ1v) is 8.03. The molecule has 5 nitrogen and oxygen atoms in total. The Hall–Kier alpha value is -1.59.